The van der Waals surface area contributed by atoms with Crippen LogP contribution >= 0.6 is 11.8 Å². The van der Waals surface area contributed by atoms with Gasteiger partial charge >= 0.3 is 0 Å². The first-order valence-corrected chi connectivity index (χ1v) is 8.55. The van der Waals surface area contributed by atoms with Gasteiger partial charge in [0.15, 0.2) is 5.16 Å². The van der Waals surface area contributed by atoms with Crippen LogP contribution in [0.4, 0.5) is 0 Å². The summed E-state index contributed by atoms with van der Waals surface area (Å²) in [6, 6.07) is 10.4. The van der Waals surface area contributed by atoms with E-state index in [1.54, 1.807) is 6.20 Å². The van der Waals surface area contributed by atoms with Crippen molar-refractivity contribution in [3.63, 3.8) is 0 Å². The van der Waals surface area contributed by atoms with Crippen molar-refractivity contribution in [3.05, 3.63) is 53.3 Å². The largest absolute Gasteiger partial charge is 0.349 e. The summed E-state index contributed by atoms with van der Waals surface area (Å²) in [7, 11) is 0. The van der Waals surface area contributed by atoms with Gasteiger partial charge in [0.2, 0.25) is 0 Å². The number of carbonyl (C=O) groups is 1. The number of rotatable bonds is 6. The Morgan fingerprint density at radius 2 is 2.05 bits per heavy atom. The van der Waals surface area contributed by atoms with E-state index in [2.05, 4.69) is 27.4 Å². The van der Waals surface area contributed by atoms with Gasteiger partial charge in [-0.25, -0.2) is 9.97 Å². The predicted octanol–water partition coefficient (Wildman–Crippen LogP) is 3.26. The zero-order valence-corrected chi connectivity index (χ0v) is 14.0. The van der Waals surface area contributed by atoms with E-state index >= 15 is 0 Å². The zero-order valence-electron chi connectivity index (χ0n) is 13.2. The van der Waals surface area contributed by atoms with E-state index < -0.39 is 0 Å². The summed E-state index contributed by atoms with van der Waals surface area (Å²) < 4.78 is 0. The third-order valence-corrected chi connectivity index (χ3v) is 4.03. The first-order valence-electron chi connectivity index (χ1n) is 7.32. The average Bonchev–Trinajstić information content (AvgIpc) is 2.53. The molecule has 0 aliphatic carbocycles. The lowest BCUT2D eigenvalue weighted by Gasteiger charge is -2.14. The standard InChI is InChI=1S/C17H21N3OS/c1-12(9-10-14-7-5-4-6-8-14)19-16(21)15-11-18-17(22-3)20-13(15)2/h4-8,11-12H,9-10H2,1-3H3,(H,19,21)/t12-/m0/s1. The van der Waals surface area contributed by atoms with Gasteiger partial charge in [0, 0.05) is 12.2 Å². The Labute approximate surface area is 135 Å². The fourth-order valence-corrected chi connectivity index (χ4v) is 2.55. The molecule has 0 fully saturated rings. The van der Waals surface area contributed by atoms with E-state index in [0.717, 1.165) is 12.8 Å². The third-order valence-electron chi connectivity index (χ3n) is 3.47. The molecule has 5 heteroatoms. The van der Waals surface area contributed by atoms with Crippen LogP contribution in [0.5, 0.6) is 0 Å². The molecule has 1 aromatic carbocycles. The van der Waals surface area contributed by atoms with E-state index in [4.69, 9.17) is 0 Å². The van der Waals surface area contributed by atoms with Crippen LogP contribution in [0.2, 0.25) is 0 Å². The first kappa shape index (κ1) is 16.5. The normalized spacial score (nSPS) is 12.0. The number of amides is 1. The lowest BCUT2D eigenvalue weighted by molar-refractivity contribution is 0.0936. The summed E-state index contributed by atoms with van der Waals surface area (Å²) in [5.74, 6) is -0.106. The van der Waals surface area contributed by atoms with Crippen molar-refractivity contribution in [3.8, 4) is 0 Å². The Bertz CT molecular complexity index is 631. The van der Waals surface area contributed by atoms with Crippen molar-refractivity contribution < 1.29 is 4.79 Å². The number of nitrogens with one attached hydrogen (secondary N) is 1. The lowest BCUT2D eigenvalue weighted by Crippen LogP contribution is -2.33. The summed E-state index contributed by atoms with van der Waals surface area (Å²) in [6.45, 7) is 3.86. The maximum atomic E-state index is 12.3. The summed E-state index contributed by atoms with van der Waals surface area (Å²) in [6.07, 6.45) is 5.37. The molecule has 0 unspecified atom stereocenters. The number of aromatic nitrogens is 2. The molecule has 0 aliphatic rings. The molecule has 116 valence electrons. The van der Waals surface area contributed by atoms with Crippen molar-refractivity contribution in [1.29, 1.82) is 0 Å². The molecule has 1 amide bonds. The van der Waals surface area contributed by atoms with Crippen molar-refractivity contribution in [2.24, 2.45) is 0 Å². The highest BCUT2D eigenvalue weighted by atomic mass is 32.2. The van der Waals surface area contributed by atoms with Crippen LogP contribution in [0.15, 0.2) is 41.7 Å². The van der Waals surface area contributed by atoms with Gasteiger partial charge in [-0.2, -0.15) is 0 Å². The van der Waals surface area contributed by atoms with E-state index in [1.165, 1.54) is 17.3 Å². The van der Waals surface area contributed by atoms with Gasteiger partial charge in [-0.05, 0) is 38.5 Å². The van der Waals surface area contributed by atoms with Crippen LogP contribution in [0.25, 0.3) is 0 Å². The van der Waals surface area contributed by atoms with Crippen LogP contribution in [-0.4, -0.2) is 28.2 Å². The first-order chi connectivity index (χ1) is 10.6. The fourth-order valence-electron chi connectivity index (χ4n) is 2.17. The highest BCUT2D eigenvalue weighted by Crippen LogP contribution is 2.12. The molecule has 1 heterocycles. The van der Waals surface area contributed by atoms with Gasteiger partial charge in [0.1, 0.15) is 0 Å². The molecule has 2 rings (SSSR count). The number of thioether (sulfide) groups is 1. The molecular formula is C17H21N3OS. The summed E-state index contributed by atoms with van der Waals surface area (Å²) in [4.78, 5) is 20.8. The zero-order chi connectivity index (χ0) is 15.9. The minimum atomic E-state index is -0.106. The molecule has 0 radical (unpaired) electrons. The van der Waals surface area contributed by atoms with Crippen LogP contribution in [-0.2, 0) is 6.42 Å². The molecule has 0 aliphatic heterocycles. The van der Waals surface area contributed by atoms with Gasteiger partial charge < -0.3 is 5.32 Å². The number of nitrogens with zero attached hydrogens (tertiary/aromatic N) is 2. The molecule has 0 spiro atoms. The fraction of sp³-hybridized carbons (Fsp3) is 0.353. The van der Waals surface area contributed by atoms with E-state index in [9.17, 15) is 4.79 Å². The molecular weight excluding hydrogens is 294 g/mol. The van der Waals surface area contributed by atoms with Crippen molar-refractivity contribution in [2.75, 3.05) is 6.26 Å². The molecule has 1 aromatic heterocycles. The van der Waals surface area contributed by atoms with Gasteiger partial charge in [0.05, 0.1) is 11.3 Å². The molecule has 4 nitrogen and oxygen atoms in total. The monoisotopic (exact) mass is 315 g/mol. The number of hydrogen-bond acceptors (Lipinski definition) is 4. The number of aryl methyl sites for hydroxylation is 2. The average molecular weight is 315 g/mol. The summed E-state index contributed by atoms with van der Waals surface area (Å²) in [5, 5.41) is 3.71. The smallest absolute Gasteiger partial charge is 0.254 e. The van der Waals surface area contributed by atoms with Crippen molar-refractivity contribution in [2.45, 2.75) is 37.9 Å². The van der Waals surface area contributed by atoms with Crippen LogP contribution in [0, 0.1) is 6.92 Å². The van der Waals surface area contributed by atoms with Crippen LogP contribution < -0.4 is 5.32 Å². The highest BCUT2D eigenvalue weighted by Gasteiger charge is 2.14. The van der Waals surface area contributed by atoms with E-state index in [-0.39, 0.29) is 11.9 Å². The van der Waals surface area contributed by atoms with Gasteiger partial charge in [-0.3, -0.25) is 4.79 Å². The second-order valence-electron chi connectivity index (χ2n) is 5.25. The predicted molar refractivity (Wildman–Crippen MR) is 90.2 cm³/mol. The van der Waals surface area contributed by atoms with Crippen molar-refractivity contribution in [1.82, 2.24) is 15.3 Å². The molecule has 1 N–H and O–H groups in total. The molecule has 0 bridgehead atoms. The number of carbonyl (C=O) groups excluding carboxylic acids is 1. The maximum absolute atomic E-state index is 12.3. The Morgan fingerprint density at radius 3 is 2.68 bits per heavy atom. The van der Waals surface area contributed by atoms with Gasteiger partial charge in [0.25, 0.3) is 5.91 Å². The topological polar surface area (TPSA) is 54.9 Å². The second kappa shape index (κ2) is 7.94. The molecule has 22 heavy (non-hydrogen) atoms. The second-order valence-corrected chi connectivity index (χ2v) is 6.03. The minimum Gasteiger partial charge on any atom is -0.349 e. The SMILES string of the molecule is CSc1ncc(C(=O)N[C@@H](C)CCc2ccccc2)c(C)n1. The van der Waals surface area contributed by atoms with Crippen LogP contribution in [0.1, 0.15) is 35.0 Å². The Hall–Kier alpha value is -1.88. The van der Waals surface area contributed by atoms with Gasteiger partial charge in [-0.15, -0.1) is 0 Å². The molecule has 1 atom stereocenters. The minimum absolute atomic E-state index is 0.104. The highest BCUT2D eigenvalue weighted by molar-refractivity contribution is 7.98. The Balaban J connectivity index is 1.91. The summed E-state index contributed by atoms with van der Waals surface area (Å²) in [5.41, 5.74) is 2.55. The molecule has 0 saturated carbocycles. The number of hydrogen-bond donors (Lipinski definition) is 1. The van der Waals surface area contributed by atoms with E-state index in [0.29, 0.717) is 16.4 Å². The van der Waals surface area contributed by atoms with Crippen molar-refractivity contribution >= 4 is 17.7 Å². The molecule has 0 saturated heterocycles. The lowest BCUT2D eigenvalue weighted by atomic mass is 10.1. The third kappa shape index (κ3) is 4.56. The Morgan fingerprint density at radius 1 is 1.32 bits per heavy atom. The van der Waals surface area contributed by atoms with Gasteiger partial charge in [-0.1, -0.05) is 42.1 Å². The maximum Gasteiger partial charge on any atom is 0.254 e. The summed E-state index contributed by atoms with van der Waals surface area (Å²) >= 11 is 1.47. The van der Waals surface area contributed by atoms with E-state index in [1.807, 2.05) is 38.3 Å². The Kier molecular flexibility index (Phi) is 5.95. The number of benzene rings is 1. The molecule has 2 aromatic rings. The quantitative estimate of drug-likeness (QED) is 0.657. The van der Waals surface area contributed by atoms with Crippen LogP contribution in [0.3, 0.4) is 0 Å².